The first kappa shape index (κ1) is 18.6. The van der Waals surface area contributed by atoms with E-state index in [0.29, 0.717) is 13.1 Å². The highest BCUT2D eigenvalue weighted by atomic mass is 32.1. The van der Waals surface area contributed by atoms with E-state index in [1.165, 1.54) is 11.3 Å². The van der Waals surface area contributed by atoms with Gasteiger partial charge in [-0.05, 0) is 44.4 Å². The molecule has 1 atom stereocenters. The van der Waals surface area contributed by atoms with Crippen molar-refractivity contribution in [1.29, 1.82) is 0 Å². The van der Waals surface area contributed by atoms with Gasteiger partial charge in [0.2, 0.25) is 5.91 Å². The number of rotatable bonds is 4. The maximum atomic E-state index is 12.7. The fourth-order valence-electron chi connectivity index (χ4n) is 3.17. The average Bonchev–Trinajstić information content (AvgIpc) is 3.08. The number of aryl methyl sites for hydroxylation is 2. The third-order valence-electron chi connectivity index (χ3n) is 4.81. The Kier molecular flexibility index (Phi) is 5.74. The van der Waals surface area contributed by atoms with Gasteiger partial charge in [-0.25, -0.2) is 0 Å². The van der Waals surface area contributed by atoms with Gasteiger partial charge in [0.15, 0.2) is 0 Å². The number of carbonyl (C=O) groups excluding carboxylic acids is 2. The van der Waals surface area contributed by atoms with Crippen LogP contribution >= 0.6 is 11.3 Å². The molecule has 2 amide bonds. The molecule has 5 nitrogen and oxygen atoms in total. The number of hydrogen-bond acceptors (Lipinski definition) is 4. The topological polar surface area (TPSA) is 75.4 Å². The van der Waals surface area contributed by atoms with Crippen LogP contribution in [0.5, 0.6) is 0 Å². The number of amides is 2. The molecule has 2 heterocycles. The van der Waals surface area contributed by atoms with Crippen LogP contribution in [0.15, 0.2) is 36.4 Å². The number of piperidine rings is 1. The number of benzene rings is 1. The fourth-order valence-corrected chi connectivity index (χ4v) is 3.94. The van der Waals surface area contributed by atoms with E-state index in [0.717, 1.165) is 33.7 Å². The zero-order valence-electron chi connectivity index (χ0n) is 15.2. The van der Waals surface area contributed by atoms with Crippen LogP contribution in [0.25, 0.3) is 0 Å². The molecule has 6 heteroatoms. The normalized spacial score (nSPS) is 16.3. The molecule has 1 saturated heterocycles. The van der Waals surface area contributed by atoms with Crippen molar-refractivity contribution >= 4 is 23.2 Å². The third-order valence-corrected chi connectivity index (χ3v) is 5.81. The van der Waals surface area contributed by atoms with Crippen molar-refractivity contribution in [2.75, 3.05) is 13.1 Å². The summed E-state index contributed by atoms with van der Waals surface area (Å²) in [7, 11) is 0. The average molecular weight is 372 g/mol. The Morgan fingerprint density at radius 1 is 1.12 bits per heavy atom. The molecular weight excluding hydrogens is 346 g/mol. The Morgan fingerprint density at radius 3 is 2.35 bits per heavy atom. The maximum absolute atomic E-state index is 12.7. The predicted octanol–water partition coefficient (Wildman–Crippen LogP) is 2.79. The molecule has 0 saturated carbocycles. The quantitative estimate of drug-likeness (QED) is 0.868. The second-order valence-electron chi connectivity index (χ2n) is 6.87. The van der Waals surface area contributed by atoms with Gasteiger partial charge < -0.3 is 16.0 Å². The number of hydrogen-bond donors (Lipinski definition) is 2. The molecule has 3 rings (SSSR count). The summed E-state index contributed by atoms with van der Waals surface area (Å²) in [6.07, 6.45) is 1.50. The molecule has 2 aromatic rings. The highest BCUT2D eigenvalue weighted by Gasteiger charge is 2.28. The van der Waals surface area contributed by atoms with Crippen LogP contribution in [0.2, 0.25) is 0 Å². The van der Waals surface area contributed by atoms with Crippen LogP contribution in [0.1, 0.15) is 44.6 Å². The second kappa shape index (κ2) is 8.01. The largest absolute Gasteiger partial charge is 0.348 e. The molecule has 1 unspecified atom stereocenters. The van der Waals surface area contributed by atoms with Crippen LogP contribution in [-0.4, -0.2) is 35.8 Å². The minimum atomic E-state index is -0.629. The lowest BCUT2D eigenvalue weighted by Gasteiger charge is -2.33. The van der Waals surface area contributed by atoms with Crippen LogP contribution in [0, 0.1) is 13.8 Å². The lowest BCUT2D eigenvalue weighted by atomic mass is 10.0. The summed E-state index contributed by atoms with van der Waals surface area (Å²) in [6.45, 7) is 5.23. The molecule has 1 aromatic heterocycles. The van der Waals surface area contributed by atoms with E-state index in [1.807, 2.05) is 55.1 Å². The van der Waals surface area contributed by atoms with Gasteiger partial charge in [-0.2, -0.15) is 0 Å². The molecule has 1 aliphatic heterocycles. The van der Waals surface area contributed by atoms with Crippen molar-refractivity contribution in [2.24, 2.45) is 5.73 Å². The summed E-state index contributed by atoms with van der Waals surface area (Å²) in [4.78, 5) is 28.6. The van der Waals surface area contributed by atoms with Crippen LogP contribution in [0.3, 0.4) is 0 Å². The lowest BCUT2D eigenvalue weighted by Crippen LogP contribution is -2.48. The number of thiophene rings is 1. The van der Waals surface area contributed by atoms with Crippen molar-refractivity contribution in [3.63, 3.8) is 0 Å². The SMILES string of the molecule is Cc1ccc(C(N)C(=O)N2CCC(NC(=O)c3ccc(C)s3)CC2)cc1. The summed E-state index contributed by atoms with van der Waals surface area (Å²) in [5, 5.41) is 3.08. The highest BCUT2D eigenvalue weighted by molar-refractivity contribution is 7.13. The molecule has 3 N–H and O–H groups in total. The van der Waals surface area contributed by atoms with E-state index in [9.17, 15) is 9.59 Å². The zero-order chi connectivity index (χ0) is 18.7. The summed E-state index contributed by atoms with van der Waals surface area (Å²) in [6, 6.07) is 11.0. The predicted molar refractivity (Wildman–Crippen MR) is 104 cm³/mol. The number of nitrogens with two attached hydrogens (primary N) is 1. The molecule has 1 aromatic carbocycles. The molecule has 138 valence electrons. The Balaban J connectivity index is 1.52. The molecule has 0 radical (unpaired) electrons. The fraction of sp³-hybridized carbons (Fsp3) is 0.400. The van der Waals surface area contributed by atoms with Crippen LogP contribution < -0.4 is 11.1 Å². The van der Waals surface area contributed by atoms with E-state index in [1.54, 1.807) is 0 Å². The van der Waals surface area contributed by atoms with Gasteiger partial charge in [0.1, 0.15) is 6.04 Å². The standard InChI is InChI=1S/C20H25N3O2S/c1-13-3-6-15(7-4-13)18(21)20(25)23-11-9-16(10-12-23)22-19(24)17-8-5-14(2)26-17/h3-8,16,18H,9-12,21H2,1-2H3,(H,22,24). The third kappa shape index (κ3) is 4.31. The van der Waals surface area contributed by atoms with Gasteiger partial charge >= 0.3 is 0 Å². The van der Waals surface area contributed by atoms with Gasteiger partial charge in [-0.3, -0.25) is 9.59 Å². The summed E-state index contributed by atoms with van der Waals surface area (Å²) in [5.41, 5.74) is 8.14. The molecule has 1 fully saturated rings. The Bertz CT molecular complexity index is 777. The van der Waals surface area contributed by atoms with E-state index < -0.39 is 6.04 Å². The smallest absolute Gasteiger partial charge is 0.261 e. The van der Waals surface area contributed by atoms with E-state index >= 15 is 0 Å². The monoisotopic (exact) mass is 371 g/mol. The molecule has 0 spiro atoms. The first-order valence-electron chi connectivity index (χ1n) is 8.92. The van der Waals surface area contributed by atoms with Crippen molar-refractivity contribution in [1.82, 2.24) is 10.2 Å². The van der Waals surface area contributed by atoms with Gasteiger partial charge in [-0.15, -0.1) is 11.3 Å². The first-order valence-corrected chi connectivity index (χ1v) is 9.74. The van der Waals surface area contributed by atoms with Gasteiger partial charge in [0.25, 0.3) is 5.91 Å². The molecule has 26 heavy (non-hydrogen) atoms. The van der Waals surface area contributed by atoms with Crippen molar-refractivity contribution in [3.05, 3.63) is 57.3 Å². The second-order valence-corrected chi connectivity index (χ2v) is 8.16. The minimum absolute atomic E-state index is 0.0239. The molecule has 0 bridgehead atoms. The number of carbonyl (C=O) groups is 2. The maximum Gasteiger partial charge on any atom is 0.261 e. The Labute approximate surface area is 158 Å². The van der Waals surface area contributed by atoms with Crippen molar-refractivity contribution in [3.8, 4) is 0 Å². The van der Waals surface area contributed by atoms with Gasteiger partial charge in [0.05, 0.1) is 4.88 Å². The van der Waals surface area contributed by atoms with Crippen molar-refractivity contribution in [2.45, 2.75) is 38.8 Å². The molecule has 1 aliphatic rings. The Hall–Kier alpha value is -2.18. The first-order chi connectivity index (χ1) is 12.4. The highest BCUT2D eigenvalue weighted by Crippen LogP contribution is 2.19. The van der Waals surface area contributed by atoms with Crippen LogP contribution in [0.4, 0.5) is 0 Å². The van der Waals surface area contributed by atoms with Crippen molar-refractivity contribution < 1.29 is 9.59 Å². The van der Waals surface area contributed by atoms with E-state index in [4.69, 9.17) is 5.73 Å². The summed E-state index contributed by atoms with van der Waals surface area (Å²) < 4.78 is 0. The molecular formula is C20H25N3O2S. The van der Waals surface area contributed by atoms with E-state index in [-0.39, 0.29) is 17.9 Å². The van der Waals surface area contributed by atoms with Crippen LogP contribution in [-0.2, 0) is 4.79 Å². The summed E-state index contributed by atoms with van der Waals surface area (Å²) in [5.74, 6) is -0.0725. The minimum Gasteiger partial charge on any atom is -0.348 e. The number of nitrogens with zero attached hydrogens (tertiary/aromatic N) is 1. The van der Waals surface area contributed by atoms with E-state index in [2.05, 4.69) is 5.32 Å². The zero-order valence-corrected chi connectivity index (χ0v) is 16.0. The lowest BCUT2D eigenvalue weighted by molar-refractivity contribution is -0.133. The number of likely N-dealkylation sites (tertiary alicyclic amines) is 1. The Morgan fingerprint density at radius 2 is 1.77 bits per heavy atom. The molecule has 0 aliphatic carbocycles. The number of nitrogens with one attached hydrogen (secondary N) is 1. The summed E-state index contributed by atoms with van der Waals surface area (Å²) >= 11 is 1.50. The van der Waals surface area contributed by atoms with Gasteiger partial charge in [-0.1, -0.05) is 29.8 Å². The van der Waals surface area contributed by atoms with Gasteiger partial charge in [0, 0.05) is 24.0 Å².